The minimum Gasteiger partial charge on any atom is -0.361 e. The Bertz CT molecular complexity index is 569. The number of hydrogen-bond acceptors (Lipinski definition) is 1. The molecule has 0 bridgehead atoms. The molecular weight excluding hydrogens is 208 g/mol. The van der Waals surface area contributed by atoms with Crippen LogP contribution in [0.4, 0.5) is 0 Å². The molecule has 0 spiro atoms. The summed E-state index contributed by atoms with van der Waals surface area (Å²) in [5.41, 5.74) is 1.49. The maximum Gasteiger partial charge on any atom is 0.120 e. The zero-order chi connectivity index (χ0) is 11.3. The Balaban J connectivity index is 1.91. The van der Waals surface area contributed by atoms with E-state index in [0.717, 1.165) is 0 Å². The van der Waals surface area contributed by atoms with Crippen LogP contribution in [0.25, 0.3) is 10.8 Å². The van der Waals surface area contributed by atoms with Crippen molar-refractivity contribution in [3.05, 3.63) is 48.0 Å². The fourth-order valence-corrected chi connectivity index (χ4v) is 3.42. The summed E-state index contributed by atoms with van der Waals surface area (Å²) < 4.78 is 6.06. The van der Waals surface area contributed by atoms with Gasteiger partial charge in [-0.1, -0.05) is 55.3 Å². The second kappa shape index (κ2) is 3.33. The van der Waals surface area contributed by atoms with Gasteiger partial charge in [0.25, 0.3) is 0 Å². The Morgan fingerprint density at radius 3 is 2.82 bits per heavy atom. The molecule has 1 heteroatoms. The van der Waals surface area contributed by atoms with Crippen LogP contribution in [0.3, 0.4) is 0 Å². The molecule has 0 aromatic heterocycles. The van der Waals surface area contributed by atoms with Gasteiger partial charge in [0, 0.05) is 0 Å². The first-order chi connectivity index (χ1) is 8.40. The molecule has 2 atom stereocenters. The molecular formula is C16H16O. The molecule has 2 aliphatic rings. The van der Waals surface area contributed by atoms with E-state index >= 15 is 0 Å². The molecule has 0 amide bonds. The monoisotopic (exact) mass is 224 g/mol. The van der Waals surface area contributed by atoms with E-state index in [0.29, 0.717) is 6.10 Å². The van der Waals surface area contributed by atoms with Crippen molar-refractivity contribution in [1.82, 2.24) is 0 Å². The Labute approximate surface area is 101 Å². The Hall–Kier alpha value is -1.34. The number of epoxide rings is 1. The zero-order valence-electron chi connectivity index (χ0n) is 9.86. The Morgan fingerprint density at radius 1 is 1.00 bits per heavy atom. The molecule has 86 valence electrons. The summed E-state index contributed by atoms with van der Waals surface area (Å²) in [7, 11) is 0. The average molecular weight is 224 g/mol. The number of fused-ring (bicyclic) bond motifs is 2. The van der Waals surface area contributed by atoms with Crippen LogP contribution in [0.5, 0.6) is 0 Å². The predicted octanol–water partition coefficient (Wildman–Crippen LogP) is 4.01. The van der Waals surface area contributed by atoms with Gasteiger partial charge in [0.1, 0.15) is 5.60 Å². The van der Waals surface area contributed by atoms with E-state index in [1.807, 2.05) is 0 Å². The fraction of sp³-hybridized carbons (Fsp3) is 0.375. The van der Waals surface area contributed by atoms with Crippen LogP contribution >= 0.6 is 0 Å². The molecule has 17 heavy (non-hydrogen) atoms. The summed E-state index contributed by atoms with van der Waals surface area (Å²) in [5, 5.41) is 2.71. The van der Waals surface area contributed by atoms with Gasteiger partial charge in [-0.15, -0.1) is 0 Å². The SMILES string of the molecule is c1ccc2c(C34CCCCC3O4)cccc2c1. The average Bonchev–Trinajstić information content (AvgIpc) is 3.13. The first-order valence-corrected chi connectivity index (χ1v) is 6.56. The van der Waals surface area contributed by atoms with Crippen LogP contribution in [-0.2, 0) is 10.3 Å². The second-order valence-corrected chi connectivity index (χ2v) is 5.27. The first kappa shape index (κ1) is 9.67. The molecule has 2 aromatic carbocycles. The van der Waals surface area contributed by atoms with E-state index < -0.39 is 0 Å². The summed E-state index contributed by atoms with van der Waals surface area (Å²) in [5.74, 6) is 0. The van der Waals surface area contributed by atoms with Crippen molar-refractivity contribution in [2.45, 2.75) is 37.4 Å². The lowest BCUT2D eigenvalue weighted by Gasteiger charge is -2.19. The molecule has 2 unspecified atom stereocenters. The molecule has 1 saturated heterocycles. The summed E-state index contributed by atoms with van der Waals surface area (Å²) in [6.45, 7) is 0. The fourth-order valence-electron chi connectivity index (χ4n) is 3.42. The van der Waals surface area contributed by atoms with Crippen molar-refractivity contribution < 1.29 is 4.74 Å². The largest absolute Gasteiger partial charge is 0.361 e. The maximum absolute atomic E-state index is 6.06. The highest BCUT2D eigenvalue weighted by Gasteiger charge is 2.58. The first-order valence-electron chi connectivity index (χ1n) is 6.56. The summed E-state index contributed by atoms with van der Waals surface area (Å²) in [6.07, 6.45) is 5.56. The molecule has 1 saturated carbocycles. The summed E-state index contributed by atoms with van der Waals surface area (Å²) >= 11 is 0. The van der Waals surface area contributed by atoms with Gasteiger partial charge in [-0.3, -0.25) is 0 Å². The van der Waals surface area contributed by atoms with Gasteiger partial charge in [-0.05, 0) is 29.2 Å². The summed E-state index contributed by atoms with van der Waals surface area (Å²) in [6, 6.07) is 15.3. The zero-order valence-corrected chi connectivity index (χ0v) is 9.86. The van der Waals surface area contributed by atoms with Crippen LogP contribution in [0.1, 0.15) is 31.2 Å². The lowest BCUT2D eigenvalue weighted by molar-refractivity contribution is 0.291. The third-order valence-corrected chi connectivity index (χ3v) is 4.33. The Morgan fingerprint density at radius 2 is 1.88 bits per heavy atom. The van der Waals surface area contributed by atoms with Crippen molar-refractivity contribution in [2.24, 2.45) is 0 Å². The van der Waals surface area contributed by atoms with Gasteiger partial charge < -0.3 is 4.74 Å². The van der Waals surface area contributed by atoms with E-state index in [9.17, 15) is 0 Å². The number of hydrogen-bond donors (Lipinski definition) is 0. The van der Waals surface area contributed by atoms with E-state index in [-0.39, 0.29) is 5.60 Å². The summed E-state index contributed by atoms with van der Waals surface area (Å²) in [4.78, 5) is 0. The third kappa shape index (κ3) is 1.29. The molecule has 2 fully saturated rings. The van der Waals surface area contributed by atoms with Crippen LogP contribution in [0, 0.1) is 0 Å². The minimum absolute atomic E-state index is 0.0686. The molecule has 0 radical (unpaired) electrons. The minimum atomic E-state index is 0.0686. The molecule has 1 aliphatic heterocycles. The number of ether oxygens (including phenoxy) is 1. The molecule has 1 heterocycles. The van der Waals surface area contributed by atoms with Gasteiger partial charge in [0.2, 0.25) is 0 Å². The van der Waals surface area contributed by atoms with Crippen molar-refractivity contribution in [3.63, 3.8) is 0 Å². The van der Waals surface area contributed by atoms with Gasteiger partial charge in [0.05, 0.1) is 6.10 Å². The van der Waals surface area contributed by atoms with E-state index in [2.05, 4.69) is 42.5 Å². The van der Waals surface area contributed by atoms with Crippen LogP contribution < -0.4 is 0 Å². The van der Waals surface area contributed by atoms with Crippen LogP contribution in [0.2, 0.25) is 0 Å². The smallest absolute Gasteiger partial charge is 0.120 e. The molecule has 2 aromatic rings. The highest BCUT2D eigenvalue weighted by atomic mass is 16.6. The molecule has 1 aliphatic carbocycles. The molecule has 4 rings (SSSR count). The van der Waals surface area contributed by atoms with E-state index in [1.54, 1.807) is 0 Å². The second-order valence-electron chi connectivity index (χ2n) is 5.27. The van der Waals surface area contributed by atoms with E-state index in [4.69, 9.17) is 4.74 Å². The van der Waals surface area contributed by atoms with Gasteiger partial charge in [-0.2, -0.15) is 0 Å². The highest BCUT2D eigenvalue weighted by Crippen LogP contribution is 2.56. The lowest BCUT2D eigenvalue weighted by Crippen LogP contribution is -2.17. The topological polar surface area (TPSA) is 12.5 Å². The normalized spacial score (nSPS) is 31.2. The molecule has 0 N–H and O–H groups in total. The number of benzene rings is 2. The predicted molar refractivity (Wildman–Crippen MR) is 69.0 cm³/mol. The van der Waals surface area contributed by atoms with Crippen molar-refractivity contribution in [3.8, 4) is 0 Å². The quantitative estimate of drug-likeness (QED) is 0.667. The molecule has 1 nitrogen and oxygen atoms in total. The maximum atomic E-state index is 6.06. The van der Waals surface area contributed by atoms with Crippen molar-refractivity contribution >= 4 is 10.8 Å². The standard InChI is InChI=1S/C16H16O/c1-2-8-13-12(6-1)7-5-9-14(13)16-11-4-3-10-15(16)17-16/h1-2,5-9,15H,3-4,10-11H2. The van der Waals surface area contributed by atoms with Crippen molar-refractivity contribution in [2.75, 3.05) is 0 Å². The van der Waals surface area contributed by atoms with Gasteiger partial charge in [0.15, 0.2) is 0 Å². The van der Waals surface area contributed by atoms with Gasteiger partial charge >= 0.3 is 0 Å². The number of rotatable bonds is 1. The van der Waals surface area contributed by atoms with Crippen LogP contribution in [0.15, 0.2) is 42.5 Å². The van der Waals surface area contributed by atoms with Crippen molar-refractivity contribution in [1.29, 1.82) is 0 Å². The lowest BCUT2D eigenvalue weighted by atomic mass is 9.82. The van der Waals surface area contributed by atoms with Gasteiger partial charge in [-0.25, -0.2) is 0 Å². The highest BCUT2D eigenvalue weighted by molar-refractivity contribution is 5.86. The van der Waals surface area contributed by atoms with Crippen LogP contribution in [-0.4, -0.2) is 6.10 Å². The van der Waals surface area contributed by atoms with E-state index in [1.165, 1.54) is 42.0 Å². The Kier molecular flexibility index (Phi) is 1.89. The third-order valence-electron chi connectivity index (χ3n) is 4.33.